The summed E-state index contributed by atoms with van der Waals surface area (Å²) in [5.41, 5.74) is 0.126. The van der Waals surface area contributed by atoms with Crippen LogP contribution in [0.3, 0.4) is 0 Å². The molecule has 3 rings (SSSR count). The Labute approximate surface area is 115 Å². The first-order chi connectivity index (χ1) is 8.33. The van der Waals surface area contributed by atoms with Crippen molar-refractivity contribution in [1.29, 1.82) is 0 Å². The van der Waals surface area contributed by atoms with E-state index in [-0.39, 0.29) is 5.43 Å². The third kappa shape index (κ3) is 2.47. The molecule has 3 aromatic rings. The molecule has 0 amide bonds. The molecule has 0 aliphatic carbocycles. The molecule has 0 N–H and O–H groups in total. The minimum atomic E-state index is 0.126. The van der Waals surface area contributed by atoms with Crippen molar-refractivity contribution in [3.63, 3.8) is 0 Å². The molecule has 0 spiro atoms. The van der Waals surface area contributed by atoms with E-state index in [0.717, 1.165) is 9.75 Å². The van der Waals surface area contributed by atoms with Crippen molar-refractivity contribution in [1.82, 2.24) is 0 Å². The second-order valence-electron chi connectivity index (χ2n) is 3.48. The van der Waals surface area contributed by atoms with Crippen LogP contribution in [0, 0.1) is 0 Å². The zero-order valence-corrected chi connectivity index (χ0v) is 13.0. The van der Waals surface area contributed by atoms with E-state index >= 15 is 0 Å². The Morgan fingerprint density at radius 3 is 1.82 bits per heavy atom. The monoisotopic (exact) mass is 372 g/mol. The van der Waals surface area contributed by atoms with Crippen molar-refractivity contribution in [2.45, 2.75) is 0 Å². The molecule has 84 valence electrons. The van der Waals surface area contributed by atoms with Gasteiger partial charge in [-0.1, -0.05) is 0 Å². The van der Waals surface area contributed by atoms with Gasteiger partial charge in [-0.2, -0.15) is 0 Å². The molecule has 0 saturated carbocycles. The predicted molar refractivity (Wildman–Crippen MR) is 75.3 cm³/mol. The van der Waals surface area contributed by atoms with E-state index in [1.807, 2.05) is 0 Å². The number of hydrogen-bond acceptors (Lipinski definition) is 2. The van der Waals surface area contributed by atoms with E-state index < -0.39 is 0 Å². The van der Waals surface area contributed by atoms with Gasteiger partial charge in [0.05, 0.1) is 0 Å². The van der Waals surface area contributed by atoms with Crippen molar-refractivity contribution in [2.24, 2.45) is 0 Å². The SMILES string of the molecule is O=c1cc(-c2ccc[se]2)sc(-c2ccc[se]2)c1. The van der Waals surface area contributed by atoms with Crippen molar-refractivity contribution >= 4 is 40.3 Å². The molecule has 0 fully saturated rings. The van der Waals surface area contributed by atoms with Crippen LogP contribution < -0.4 is 5.43 Å². The fourth-order valence-electron chi connectivity index (χ4n) is 1.56. The first kappa shape index (κ1) is 11.5. The van der Waals surface area contributed by atoms with Crippen LogP contribution in [0.1, 0.15) is 0 Å². The Hall–Kier alpha value is -0.631. The van der Waals surface area contributed by atoms with E-state index in [4.69, 9.17) is 0 Å². The van der Waals surface area contributed by atoms with Crippen LogP contribution in [-0.2, 0) is 0 Å². The minimum absolute atomic E-state index is 0.126. The van der Waals surface area contributed by atoms with Crippen molar-refractivity contribution < 1.29 is 0 Å². The van der Waals surface area contributed by atoms with Crippen molar-refractivity contribution in [2.75, 3.05) is 0 Å². The van der Waals surface area contributed by atoms with Crippen molar-refractivity contribution in [3.05, 3.63) is 56.5 Å². The Morgan fingerprint density at radius 1 is 0.882 bits per heavy atom. The third-order valence-electron chi connectivity index (χ3n) is 2.29. The van der Waals surface area contributed by atoms with E-state index in [0.29, 0.717) is 29.0 Å². The molecule has 0 atom stereocenters. The van der Waals surface area contributed by atoms with Gasteiger partial charge in [0.1, 0.15) is 0 Å². The average molecular weight is 370 g/mol. The Kier molecular flexibility index (Phi) is 3.32. The summed E-state index contributed by atoms with van der Waals surface area (Å²) in [4.78, 5) is 18.4. The van der Waals surface area contributed by atoms with Crippen LogP contribution in [0.5, 0.6) is 0 Å². The summed E-state index contributed by atoms with van der Waals surface area (Å²) in [5.74, 6) is 0. The Morgan fingerprint density at radius 2 is 1.41 bits per heavy atom. The summed E-state index contributed by atoms with van der Waals surface area (Å²) < 4.78 is 2.64. The summed E-state index contributed by atoms with van der Waals surface area (Å²) in [5, 5.41) is 0. The molecule has 4 heteroatoms. The van der Waals surface area contributed by atoms with E-state index in [1.54, 1.807) is 23.5 Å². The number of hydrogen-bond donors (Lipinski definition) is 0. The maximum absolute atomic E-state index is 11.7. The summed E-state index contributed by atoms with van der Waals surface area (Å²) in [6.07, 6.45) is 0. The molecule has 17 heavy (non-hydrogen) atoms. The zero-order chi connectivity index (χ0) is 11.7. The topological polar surface area (TPSA) is 17.1 Å². The van der Waals surface area contributed by atoms with Gasteiger partial charge in [-0.3, -0.25) is 0 Å². The number of rotatable bonds is 2. The van der Waals surface area contributed by atoms with E-state index in [1.165, 1.54) is 8.87 Å². The molecule has 0 aliphatic heterocycles. The predicted octanol–water partition coefficient (Wildman–Crippen LogP) is 2.56. The van der Waals surface area contributed by atoms with Crippen molar-refractivity contribution in [3.8, 4) is 18.6 Å². The van der Waals surface area contributed by atoms with Gasteiger partial charge in [-0.25, -0.2) is 0 Å². The van der Waals surface area contributed by atoms with Crippen LogP contribution >= 0.6 is 11.3 Å². The van der Waals surface area contributed by atoms with E-state index in [2.05, 4.69) is 34.1 Å². The summed E-state index contributed by atoms with van der Waals surface area (Å²) in [7, 11) is 0. The quantitative estimate of drug-likeness (QED) is 0.634. The fraction of sp³-hybridized carbons (Fsp3) is 0. The zero-order valence-electron chi connectivity index (χ0n) is 8.75. The summed E-state index contributed by atoms with van der Waals surface area (Å²) in [6.45, 7) is 0. The Balaban J connectivity index is 2.17. The van der Waals surface area contributed by atoms with Crippen LogP contribution in [0.15, 0.2) is 51.1 Å². The molecule has 0 radical (unpaired) electrons. The van der Waals surface area contributed by atoms with Gasteiger partial charge in [-0.05, 0) is 0 Å². The van der Waals surface area contributed by atoms with Crippen LogP contribution in [0.2, 0.25) is 0 Å². The molecular formula is C13H8OSSe2. The molecule has 0 saturated heterocycles. The molecule has 3 heterocycles. The van der Waals surface area contributed by atoms with Gasteiger partial charge in [0.15, 0.2) is 0 Å². The van der Waals surface area contributed by atoms with Gasteiger partial charge in [0.25, 0.3) is 0 Å². The van der Waals surface area contributed by atoms with Gasteiger partial charge in [0.2, 0.25) is 0 Å². The second kappa shape index (κ2) is 4.93. The van der Waals surface area contributed by atoms with E-state index in [9.17, 15) is 4.79 Å². The van der Waals surface area contributed by atoms with Gasteiger partial charge in [0, 0.05) is 0 Å². The standard InChI is InChI=1S/C13H8OSSe2/c14-9-7-10(12-3-1-5-16-12)15-11(8-9)13-4-2-6-17-13/h1-8H. The second-order valence-corrected chi connectivity index (χ2v) is 8.54. The van der Waals surface area contributed by atoms with Crippen LogP contribution in [0.4, 0.5) is 0 Å². The molecule has 0 aliphatic rings. The van der Waals surface area contributed by atoms with Crippen LogP contribution in [-0.4, -0.2) is 29.0 Å². The third-order valence-corrected chi connectivity index (χ3v) is 7.78. The maximum atomic E-state index is 11.7. The molecule has 0 aromatic carbocycles. The first-order valence-electron chi connectivity index (χ1n) is 5.06. The summed E-state index contributed by atoms with van der Waals surface area (Å²) >= 11 is 2.54. The Bertz CT molecular complexity index is 610. The van der Waals surface area contributed by atoms with Crippen LogP contribution in [0.25, 0.3) is 18.6 Å². The van der Waals surface area contributed by atoms with Gasteiger partial charge in [-0.15, -0.1) is 0 Å². The molecule has 3 aromatic heterocycles. The normalized spacial score (nSPS) is 10.6. The molecule has 0 unspecified atom stereocenters. The van der Waals surface area contributed by atoms with Gasteiger partial charge < -0.3 is 0 Å². The van der Waals surface area contributed by atoms with Gasteiger partial charge >= 0.3 is 115 Å². The first-order valence-corrected chi connectivity index (χ1v) is 9.57. The molecule has 1 nitrogen and oxygen atoms in total. The fourth-order valence-corrected chi connectivity index (χ4v) is 6.18. The summed E-state index contributed by atoms with van der Waals surface area (Å²) in [6, 6.07) is 12.0. The average Bonchev–Trinajstić information content (AvgIpc) is 3.02. The molecule has 0 bridgehead atoms. The molecular weight excluding hydrogens is 362 g/mol.